The third-order valence-corrected chi connectivity index (χ3v) is 4.40. The molecule has 1 heterocycles. The number of nitrogens with two attached hydrogens (primary N) is 1. The molecule has 6 nitrogen and oxygen atoms in total. The minimum atomic E-state index is -0.533. The Kier molecular flexibility index (Phi) is 4.69. The van der Waals surface area contributed by atoms with E-state index in [1.165, 1.54) is 18.2 Å². The molecule has 126 valence electrons. The maximum atomic E-state index is 12.5. The highest BCUT2D eigenvalue weighted by atomic mass is 35.5. The average Bonchev–Trinajstić information content (AvgIpc) is 2.34. The van der Waals surface area contributed by atoms with Gasteiger partial charge in [0.1, 0.15) is 0 Å². The van der Waals surface area contributed by atoms with E-state index >= 15 is 0 Å². The molecule has 1 aromatic carbocycles. The highest BCUT2D eigenvalue weighted by Crippen LogP contribution is 2.25. The fraction of sp³-hybridized carbons (Fsp3) is 0.562. The SMILES string of the molecule is CC1(C)CC(NC(=O)c2cc([N+](=O)[O-])ccc2Cl)CC(C)(C)[NH2+]1. The third-order valence-electron chi connectivity index (χ3n) is 4.07. The summed E-state index contributed by atoms with van der Waals surface area (Å²) in [6, 6.07) is 3.91. The van der Waals surface area contributed by atoms with Crippen LogP contribution in [0.15, 0.2) is 18.2 Å². The van der Waals surface area contributed by atoms with Gasteiger partial charge in [0.15, 0.2) is 0 Å². The number of halogens is 1. The summed E-state index contributed by atoms with van der Waals surface area (Å²) in [5, 5.41) is 16.4. The van der Waals surface area contributed by atoms with Gasteiger partial charge in [-0.05, 0) is 33.8 Å². The zero-order valence-electron chi connectivity index (χ0n) is 13.9. The van der Waals surface area contributed by atoms with Crippen molar-refractivity contribution in [1.82, 2.24) is 5.32 Å². The number of amides is 1. The van der Waals surface area contributed by atoms with Crippen LogP contribution in [0, 0.1) is 10.1 Å². The molecule has 1 aromatic rings. The van der Waals surface area contributed by atoms with Crippen LogP contribution in [0.25, 0.3) is 0 Å². The second-order valence-electron chi connectivity index (χ2n) is 7.62. The number of benzene rings is 1. The number of carbonyl (C=O) groups is 1. The lowest BCUT2D eigenvalue weighted by Crippen LogP contribution is -3.06. The Morgan fingerprint density at radius 3 is 2.39 bits per heavy atom. The molecule has 1 aliphatic rings. The predicted molar refractivity (Wildman–Crippen MR) is 88.7 cm³/mol. The molecule has 7 heteroatoms. The first kappa shape index (κ1) is 17.7. The van der Waals surface area contributed by atoms with E-state index in [2.05, 4.69) is 38.3 Å². The van der Waals surface area contributed by atoms with E-state index in [1.54, 1.807) is 0 Å². The van der Waals surface area contributed by atoms with E-state index in [0.717, 1.165) is 12.8 Å². The molecule has 0 bridgehead atoms. The molecule has 0 atom stereocenters. The molecule has 2 rings (SSSR count). The van der Waals surface area contributed by atoms with Crippen molar-refractivity contribution in [2.75, 3.05) is 0 Å². The van der Waals surface area contributed by atoms with Crippen molar-refractivity contribution in [2.24, 2.45) is 0 Å². The monoisotopic (exact) mass is 340 g/mol. The van der Waals surface area contributed by atoms with Gasteiger partial charge in [-0.15, -0.1) is 0 Å². The summed E-state index contributed by atoms with van der Waals surface area (Å²) in [7, 11) is 0. The Morgan fingerprint density at radius 1 is 1.30 bits per heavy atom. The Morgan fingerprint density at radius 2 is 1.87 bits per heavy atom. The van der Waals surface area contributed by atoms with E-state index in [4.69, 9.17) is 11.6 Å². The van der Waals surface area contributed by atoms with Crippen molar-refractivity contribution < 1.29 is 15.0 Å². The van der Waals surface area contributed by atoms with E-state index in [9.17, 15) is 14.9 Å². The summed E-state index contributed by atoms with van der Waals surface area (Å²) in [5.74, 6) is -0.364. The fourth-order valence-corrected chi connectivity index (χ4v) is 3.89. The summed E-state index contributed by atoms with van der Waals surface area (Å²) < 4.78 is 0. The first-order valence-electron chi connectivity index (χ1n) is 7.61. The zero-order chi connectivity index (χ0) is 17.4. The van der Waals surface area contributed by atoms with Crippen LogP contribution in [0.2, 0.25) is 5.02 Å². The largest absolute Gasteiger partial charge is 0.349 e. The highest BCUT2D eigenvalue weighted by molar-refractivity contribution is 6.33. The van der Waals surface area contributed by atoms with E-state index in [-0.39, 0.29) is 39.3 Å². The fourth-order valence-electron chi connectivity index (χ4n) is 3.68. The standard InChI is InChI=1S/C16H22ClN3O3/c1-15(2)8-10(9-16(3,4)19-15)18-14(21)12-7-11(20(22)23)5-6-13(12)17/h5-7,10,19H,8-9H2,1-4H3,(H,18,21)/p+1. The summed E-state index contributed by atoms with van der Waals surface area (Å²) in [6.45, 7) is 8.58. The normalized spacial score (nSPS) is 20.0. The first-order valence-corrected chi connectivity index (χ1v) is 7.99. The molecule has 0 saturated carbocycles. The van der Waals surface area contributed by atoms with Crippen LogP contribution < -0.4 is 10.6 Å². The van der Waals surface area contributed by atoms with Crippen molar-refractivity contribution in [3.05, 3.63) is 38.9 Å². The van der Waals surface area contributed by atoms with Crippen LogP contribution in [0.4, 0.5) is 5.69 Å². The van der Waals surface area contributed by atoms with Crippen molar-refractivity contribution in [1.29, 1.82) is 0 Å². The minimum absolute atomic E-state index is 0.00725. The Balaban J connectivity index is 2.19. The number of piperidine rings is 1. The van der Waals surface area contributed by atoms with Crippen molar-refractivity contribution in [3.63, 3.8) is 0 Å². The number of nitrogens with zero attached hydrogens (tertiary/aromatic N) is 1. The molecular formula is C16H23ClN3O3+. The van der Waals surface area contributed by atoms with Gasteiger partial charge < -0.3 is 10.6 Å². The van der Waals surface area contributed by atoms with Gasteiger partial charge in [0.05, 0.1) is 26.6 Å². The molecule has 3 N–H and O–H groups in total. The molecular weight excluding hydrogens is 318 g/mol. The number of non-ortho nitro benzene ring substituents is 1. The zero-order valence-corrected chi connectivity index (χ0v) is 14.6. The smallest absolute Gasteiger partial charge is 0.270 e. The Labute approximate surface area is 140 Å². The third kappa shape index (κ3) is 4.42. The summed E-state index contributed by atoms with van der Waals surface area (Å²) >= 11 is 6.04. The van der Waals surface area contributed by atoms with Gasteiger partial charge in [-0.25, -0.2) is 0 Å². The van der Waals surface area contributed by atoms with E-state index in [0.29, 0.717) is 0 Å². The number of quaternary nitrogens is 1. The highest BCUT2D eigenvalue weighted by Gasteiger charge is 2.42. The molecule has 1 aliphatic heterocycles. The second kappa shape index (κ2) is 6.09. The van der Waals surface area contributed by atoms with E-state index in [1.807, 2.05) is 0 Å². The summed E-state index contributed by atoms with van der Waals surface area (Å²) in [6.07, 6.45) is 1.66. The van der Waals surface area contributed by atoms with Crippen LogP contribution in [0.5, 0.6) is 0 Å². The van der Waals surface area contributed by atoms with Gasteiger partial charge in [-0.3, -0.25) is 14.9 Å². The van der Waals surface area contributed by atoms with Crippen LogP contribution in [0.1, 0.15) is 50.9 Å². The number of nitro groups is 1. The summed E-state index contributed by atoms with van der Waals surface area (Å²) in [5.41, 5.74) is 0.0430. The lowest BCUT2D eigenvalue weighted by atomic mass is 9.79. The lowest BCUT2D eigenvalue weighted by Gasteiger charge is -2.43. The lowest BCUT2D eigenvalue weighted by molar-refractivity contribution is -0.787. The van der Waals surface area contributed by atoms with Gasteiger partial charge in [0.25, 0.3) is 11.6 Å². The number of carbonyl (C=O) groups excluding carboxylic acids is 1. The minimum Gasteiger partial charge on any atom is -0.349 e. The Hall–Kier alpha value is -1.66. The topological polar surface area (TPSA) is 88.8 Å². The quantitative estimate of drug-likeness (QED) is 0.653. The molecule has 0 unspecified atom stereocenters. The van der Waals surface area contributed by atoms with Crippen molar-refractivity contribution in [2.45, 2.75) is 57.7 Å². The molecule has 0 spiro atoms. The molecule has 1 fully saturated rings. The van der Waals surface area contributed by atoms with Crippen LogP contribution in [0.3, 0.4) is 0 Å². The van der Waals surface area contributed by atoms with Gasteiger partial charge in [-0.2, -0.15) is 0 Å². The summed E-state index contributed by atoms with van der Waals surface area (Å²) in [4.78, 5) is 22.8. The van der Waals surface area contributed by atoms with E-state index < -0.39 is 4.92 Å². The average molecular weight is 341 g/mol. The predicted octanol–water partition coefficient (Wildman–Crippen LogP) is 2.26. The number of hydrogen-bond donors (Lipinski definition) is 2. The van der Waals surface area contributed by atoms with Gasteiger partial charge >= 0.3 is 0 Å². The second-order valence-corrected chi connectivity index (χ2v) is 8.03. The van der Waals surface area contributed by atoms with Crippen molar-refractivity contribution in [3.8, 4) is 0 Å². The van der Waals surface area contributed by atoms with Crippen LogP contribution in [-0.2, 0) is 0 Å². The first-order chi connectivity index (χ1) is 10.5. The molecule has 0 aromatic heterocycles. The van der Waals surface area contributed by atoms with Crippen LogP contribution in [-0.4, -0.2) is 28.0 Å². The number of rotatable bonds is 3. The number of nitro benzene ring substituents is 1. The maximum absolute atomic E-state index is 12.5. The molecule has 23 heavy (non-hydrogen) atoms. The molecule has 0 radical (unpaired) electrons. The molecule has 1 amide bonds. The van der Waals surface area contributed by atoms with Crippen molar-refractivity contribution >= 4 is 23.2 Å². The number of nitrogens with one attached hydrogen (secondary N) is 1. The molecule has 0 aliphatic carbocycles. The van der Waals surface area contributed by atoms with Gasteiger partial charge in [0.2, 0.25) is 0 Å². The van der Waals surface area contributed by atoms with Gasteiger partial charge in [-0.1, -0.05) is 11.6 Å². The van der Waals surface area contributed by atoms with Gasteiger partial charge in [0, 0.05) is 31.0 Å². The maximum Gasteiger partial charge on any atom is 0.270 e. The Bertz CT molecular complexity index is 627. The van der Waals surface area contributed by atoms with Crippen LogP contribution >= 0.6 is 11.6 Å². The number of hydrogen-bond acceptors (Lipinski definition) is 3. The molecule has 1 saturated heterocycles.